The number of nitrogens with one attached hydrogen (secondary N) is 2. The van der Waals surface area contributed by atoms with Gasteiger partial charge in [-0.1, -0.05) is 0 Å². The van der Waals surface area contributed by atoms with Gasteiger partial charge in [0.05, 0.1) is 12.7 Å². The van der Waals surface area contributed by atoms with Crippen LogP contribution in [0.3, 0.4) is 0 Å². The molecule has 0 aliphatic rings. The molecule has 0 aliphatic carbocycles. The third-order valence-electron chi connectivity index (χ3n) is 3.06. The van der Waals surface area contributed by atoms with Crippen LogP contribution in [0.15, 0.2) is 0 Å². The first kappa shape index (κ1) is 24.9. The highest BCUT2D eigenvalue weighted by Gasteiger charge is 2.29. The first-order valence-corrected chi connectivity index (χ1v) is 7.28. The van der Waals surface area contributed by atoms with E-state index >= 15 is 0 Å². The number of likely N-dealkylation sites (N-methyl/N-ethyl adjacent to an activating group) is 2. The second-order valence-electron chi connectivity index (χ2n) is 5.04. The summed E-state index contributed by atoms with van der Waals surface area (Å²) >= 11 is 0. The van der Waals surface area contributed by atoms with Crippen LogP contribution in [0.4, 0.5) is 0 Å². The minimum atomic E-state index is -1.55. The molecule has 5 atom stereocenters. The summed E-state index contributed by atoms with van der Waals surface area (Å²) in [6, 6.07) is -0.678. The molecule has 10 N–H and O–H groups in total. The second-order valence-corrected chi connectivity index (χ2v) is 5.04. The van der Waals surface area contributed by atoms with Crippen molar-refractivity contribution in [1.29, 1.82) is 0 Å². The highest BCUT2D eigenvalue weighted by atomic mass is 16.4. The smallest absolute Gasteiger partial charge is 0.320 e. The third-order valence-corrected chi connectivity index (χ3v) is 3.06. The number of carbonyl (C=O) groups is 2. The molecule has 0 unspecified atom stereocenters. The number of amides is 1. The molecule has 0 radical (unpaired) electrons. The van der Waals surface area contributed by atoms with Crippen LogP contribution in [0.25, 0.3) is 0 Å². The van der Waals surface area contributed by atoms with Crippen molar-refractivity contribution in [3.05, 3.63) is 0 Å². The quantitative estimate of drug-likeness (QED) is 0.174. The normalized spacial score (nSPS) is 17.0. The van der Waals surface area contributed by atoms with Gasteiger partial charge in [-0.3, -0.25) is 9.59 Å². The minimum Gasteiger partial charge on any atom is -0.480 e. The van der Waals surface area contributed by atoms with E-state index < -0.39 is 48.9 Å². The van der Waals surface area contributed by atoms with E-state index in [9.17, 15) is 14.7 Å². The van der Waals surface area contributed by atoms with Crippen LogP contribution in [0.2, 0.25) is 0 Å². The van der Waals surface area contributed by atoms with Crippen molar-refractivity contribution in [2.24, 2.45) is 5.73 Å². The first-order chi connectivity index (χ1) is 11.1. The summed E-state index contributed by atoms with van der Waals surface area (Å²) in [5.41, 5.74) is 4.84. The fourth-order valence-corrected chi connectivity index (χ4v) is 1.57. The molecule has 11 nitrogen and oxygen atoms in total. The van der Waals surface area contributed by atoms with Gasteiger partial charge in [-0.15, -0.1) is 0 Å². The highest BCUT2D eigenvalue weighted by Crippen LogP contribution is 2.04. The molecule has 0 saturated heterocycles. The number of rotatable bonds is 11. The Morgan fingerprint density at radius 3 is 1.88 bits per heavy atom. The number of hydrogen-bond donors (Lipinski definition) is 9. The summed E-state index contributed by atoms with van der Waals surface area (Å²) in [6.45, 7) is -0.569. The van der Waals surface area contributed by atoms with Gasteiger partial charge >= 0.3 is 5.97 Å². The Hall–Kier alpha value is -1.34. The van der Waals surface area contributed by atoms with Gasteiger partial charge in [0.1, 0.15) is 24.4 Å². The van der Waals surface area contributed by atoms with Gasteiger partial charge in [-0.05, 0) is 20.5 Å². The summed E-state index contributed by atoms with van der Waals surface area (Å²) in [5, 5.41) is 58.5. The van der Waals surface area contributed by atoms with Gasteiger partial charge in [-0.2, -0.15) is 0 Å². The van der Waals surface area contributed by atoms with Crippen molar-refractivity contribution in [3.8, 4) is 0 Å². The number of aliphatic carboxylic acids is 1. The van der Waals surface area contributed by atoms with Crippen LogP contribution in [0.5, 0.6) is 0 Å². The highest BCUT2D eigenvalue weighted by molar-refractivity contribution is 5.77. The molecular formula is C13H29N3O8. The van der Waals surface area contributed by atoms with E-state index in [4.69, 9.17) is 31.3 Å². The summed E-state index contributed by atoms with van der Waals surface area (Å²) in [5.74, 6) is -1.44. The molecule has 0 aromatic carbocycles. The van der Waals surface area contributed by atoms with Crippen LogP contribution < -0.4 is 16.4 Å². The van der Waals surface area contributed by atoms with Crippen molar-refractivity contribution in [1.82, 2.24) is 10.6 Å². The van der Waals surface area contributed by atoms with Crippen molar-refractivity contribution >= 4 is 11.9 Å². The lowest BCUT2D eigenvalue weighted by Crippen LogP contribution is -2.48. The van der Waals surface area contributed by atoms with E-state index in [2.05, 4.69) is 10.6 Å². The molecule has 0 aromatic rings. The standard InChI is InChI=1S/C7H17NO5.C6H12N2O3/c1-8-2-4(10)6(12)7(13)5(11)3-9;1-8-4(6(10)11)2-3-5(7)9/h4-13H,2-3H2,1H3;4,8H,2-3H2,1H3,(H2,7,9)(H,10,11)/t4-,5+,6+,7+;4-/m00/s1. The van der Waals surface area contributed by atoms with Crippen LogP contribution in [-0.4, -0.2) is 100 Å². The topological polar surface area (TPSA) is 206 Å². The number of carboxylic acid groups (broad SMARTS) is 1. The average Bonchev–Trinajstić information content (AvgIpc) is 2.53. The van der Waals surface area contributed by atoms with Crippen molar-refractivity contribution in [2.75, 3.05) is 27.2 Å². The average molecular weight is 355 g/mol. The van der Waals surface area contributed by atoms with E-state index in [0.29, 0.717) is 0 Å². The minimum absolute atomic E-state index is 0.0936. The number of hydrogen-bond acceptors (Lipinski definition) is 9. The van der Waals surface area contributed by atoms with Crippen LogP contribution in [-0.2, 0) is 9.59 Å². The lowest BCUT2D eigenvalue weighted by atomic mass is 10.0. The SMILES string of the molecule is CNC[C@H](O)[C@@H](O)[C@H](O)[C@H](O)CO.CN[C@@H](CCC(N)=O)C(=O)O. The Morgan fingerprint density at radius 2 is 1.54 bits per heavy atom. The lowest BCUT2D eigenvalue weighted by Gasteiger charge is -2.25. The molecule has 1 amide bonds. The maximum Gasteiger partial charge on any atom is 0.320 e. The van der Waals surface area contributed by atoms with E-state index in [1.54, 1.807) is 7.05 Å². The fraction of sp³-hybridized carbons (Fsp3) is 0.846. The van der Waals surface area contributed by atoms with Crippen LogP contribution in [0.1, 0.15) is 12.8 Å². The van der Waals surface area contributed by atoms with Crippen molar-refractivity contribution in [2.45, 2.75) is 43.3 Å². The molecule has 144 valence electrons. The summed E-state index contributed by atoms with van der Waals surface area (Å²) < 4.78 is 0. The molecule has 0 bridgehead atoms. The van der Waals surface area contributed by atoms with E-state index in [-0.39, 0.29) is 19.4 Å². The van der Waals surface area contributed by atoms with Gasteiger partial charge in [-0.25, -0.2) is 0 Å². The van der Waals surface area contributed by atoms with Gasteiger partial charge in [0, 0.05) is 13.0 Å². The monoisotopic (exact) mass is 355 g/mol. The third kappa shape index (κ3) is 11.2. The van der Waals surface area contributed by atoms with Crippen molar-refractivity contribution in [3.63, 3.8) is 0 Å². The first-order valence-electron chi connectivity index (χ1n) is 7.28. The second kappa shape index (κ2) is 14.0. The molecule has 0 rings (SSSR count). The summed E-state index contributed by atoms with van der Waals surface area (Å²) in [4.78, 5) is 20.6. The van der Waals surface area contributed by atoms with E-state index in [1.807, 2.05) is 0 Å². The summed E-state index contributed by atoms with van der Waals surface area (Å²) in [7, 11) is 3.10. The van der Waals surface area contributed by atoms with Crippen LogP contribution in [0, 0.1) is 0 Å². The van der Waals surface area contributed by atoms with E-state index in [1.165, 1.54) is 7.05 Å². The molecule has 0 heterocycles. The fourth-order valence-electron chi connectivity index (χ4n) is 1.57. The molecule has 0 saturated carbocycles. The zero-order valence-electron chi connectivity index (χ0n) is 13.8. The summed E-state index contributed by atoms with van der Waals surface area (Å²) in [6.07, 6.45) is -5.32. The molecule has 11 heteroatoms. The molecule has 0 aliphatic heterocycles. The van der Waals surface area contributed by atoms with Crippen LogP contribution >= 0.6 is 0 Å². The molecule has 0 aromatic heterocycles. The predicted molar refractivity (Wildman–Crippen MR) is 84.0 cm³/mol. The van der Waals surface area contributed by atoms with E-state index in [0.717, 1.165) is 0 Å². The Balaban J connectivity index is 0. The number of carboxylic acids is 1. The van der Waals surface area contributed by atoms with Crippen molar-refractivity contribution < 1.29 is 40.2 Å². The number of aliphatic hydroxyl groups excluding tert-OH is 5. The molecular weight excluding hydrogens is 326 g/mol. The number of carbonyl (C=O) groups excluding carboxylic acids is 1. The zero-order chi connectivity index (χ0) is 19.3. The van der Waals surface area contributed by atoms with Gasteiger partial charge in [0.15, 0.2) is 0 Å². The maximum atomic E-state index is 10.3. The Morgan fingerprint density at radius 1 is 1.04 bits per heavy atom. The Bertz CT molecular complexity index is 358. The number of primary amides is 1. The lowest BCUT2D eigenvalue weighted by molar-refractivity contribution is -0.139. The molecule has 0 spiro atoms. The molecule has 24 heavy (non-hydrogen) atoms. The number of nitrogens with two attached hydrogens (primary N) is 1. The Kier molecular flexibility index (Phi) is 14.6. The predicted octanol–water partition coefficient (Wildman–Crippen LogP) is -4.43. The van der Waals surface area contributed by atoms with Gasteiger partial charge in [0.25, 0.3) is 0 Å². The Labute approximate surface area is 140 Å². The largest absolute Gasteiger partial charge is 0.480 e. The number of aliphatic hydroxyl groups is 5. The molecule has 0 fully saturated rings. The maximum absolute atomic E-state index is 10.3. The van der Waals surface area contributed by atoms with Gasteiger partial charge in [0.2, 0.25) is 5.91 Å². The zero-order valence-corrected chi connectivity index (χ0v) is 13.8. The van der Waals surface area contributed by atoms with Gasteiger partial charge < -0.3 is 47.0 Å².